The standard InChI is InChI=1S/C16H30/c1-6-13-8-14-9-15(12(5)10(2)3)16(14)7-11(13)4/h10-16H,6-9H2,1-5H3. The molecule has 94 valence electrons. The van der Waals surface area contributed by atoms with Gasteiger partial charge >= 0.3 is 0 Å². The smallest absolute Gasteiger partial charge is 0.0352 e. The summed E-state index contributed by atoms with van der Waals surface area (Å²) in [7, 11) is 0. The Bertz CT molecular complexity index is 230. The highest BCUT2D eigenvalue weighted by Gasteiger charge is 2.48. The van der Waals surface area contributed by atoms with Gasteiger partial charge in [0.1, 0.15) is 0 Å². The van der Waals surface area contributed by atoms with E-state index < -0.39 is 0 Å². The monoisotopic (exact) mass is 222 g/mol. The molecule has 0 N–H and O–H groups in total. The first kappa shape index (κ1) is 12.5. The number of rotatable bonds is 3. The molecule has 16 heavy (non-hydrogen) atoms. The molecule has 0 saturated heterocycles. The quantitative estimate of drug-likeness (QED) is 0.631. The second-order valence-electron chi connectivity index (χ2n) is 7.04. The summed E-state index contributed by atoms with van der Waals surface area (Å²) in [5, 5.41) is 0. The molecule has 0 aromatic rings. The van der Waals surface area contributed by atoms with Gasteiger partial charge in [-0.05, 0) is 60.7 Å². The molecule has 6 unspecified atom stereocenters. The van der Waals surface area contributed by atoms with E-state index in [1.807, 2.05) is 0 Å². The first-order valence-corrected chi connectivity index (χ1v) is 7.54. The van der Waals surface area contributed by atoms with Gasteiger partial charge in [0.2, 0.25) is 0 Å². The van der Waals surface area contributed by atoms with E-state index in [1.165, 1.54) is 12.8 Å². The van der Waals surface area contributed by atoms with E-state index in [0.29, 0.717) is 0 Å². The lowest BCUT2D eigenvalue weighted by atomic mass is 9.50. The molecule has 2 aliphatic carbocycles. The molecule has 0 aliphatic heterocycles. The Morgan fingerprint density at radius 2 is 1.75 bits per heavy atom. The van der Waals surface area contributed by atoms with Crippen LogP contribution in [0.3, 0.4) is 0 Å². The van der Waals surface area contributed by atoms with Crippen molar-refractivity contribution in [2.75, 3.05) is 0 Å². The molecule has 0 bridgehead atoms. The zero-order valence-corrected chi connectivity index (χ0v) is 11.9. The third kappa shape index (κ3) is 2.05. The number of hydrogen-bond acceptors (Lipinski definition) is 0. The average Bonchev–Trinajstić information content (AvgIpc) is 2.22. The van der Waals surface area contributed by atoms with Crippen LogP contribution in [0, 0.1) is 41.4 Å². The van der Waals surface area contributed by atoms with Crippen molar-refractivity contribution in [3.63, 3.8) is 0 Å². The van der Waals surface area contributed by atoms with Crippen molar-refractivity contribution in [3.8, 4) is 0 Å². The van der Waals surface area contributed by atoms with Crippen LogP contribution >= 0.6 is 0 Å². The third-order valence-electron chi connectivity index (χ3n) is 6.04. The van der Waals surface area contributed by atoms with Gasteiger partial charge in [0.15, 0.2) is 0 Å². The first-order chi connectivity index (χ1) is 7.54. The Morgan fingerprint density at radius 1 is 1.06 bits per heavy atom. The van der Waals surface area contributed by atoms with Crippen LogP contribution in [0.4, 0.5) is 0 Å². The summed E-state index contributed by atoms with van der Waals surface area (Å²) >= 11 is 0. The van der Waals surface area contributed by atoms with Gasteiger partial charge in [-0.2, -0.15) is 0 Å². The fourth-order valence-electron chi connectivity index (χ4n) is 4.40. The maximum atomic E-state index is 2.50. The van der Waals surface area contributed by atoms with Gasteiger partial charge in [-0.25, -0.2) is 0 Å². The lowest BCUT2D eigenvalue weighted by Crippen LogP contribution is -2.47. The van der Waals surface area contributed by atoms with E-state index >= 15 is 0 Å². The minimum Gasteiger partial charge on any atom is -0.0651 e. The topological polar surface area (TPSA) is 0 Å². The van der Waals surface area contributed by atoms with Crippen molar-refractivity contribution in [3.05, 3.63) is 0 Å². The molecule has 0 heteroatoms. The second-order valence-corrected chi connectivity index (χ2v) is 7.04. The van der Waals surface area contributed by atoms with Crippen LogP contribution in [0.15, 0.2) is 0 Å². The summed E-state index contributed by atoms with van der Waals surface area (Å²) in [5.74, 6) is 7.12. The van der Waals surface area contributed by atoms with Crippen LogP contribution in [-0.2, 0) is 0 Å². The first-order valence-electron chi connectivity index (χ1n) is 7.54. The van der Waals surface area contributed by atoms with E-state index in [9.17, 15) is 0 Å². The largest absolute Gasteiger partial charge is 0.0651 e. The summed E-state index contributed by atoms with van der Waals surface area (Å²) < 4.78 is 0. The summed E-state index contributed by atoms with van der Waals surface area (Å²) in [4.78, 5) is 0. The van der Waals surface area contributed by atoms with Gasteiger partial charge in [0.05, 0.1) is 0 Å². The van der Waals surface area contributed by atoms with Gasteiger partial charge in [0.25, 0.3) is 0 Å². The van der Waals surface area contributed by atoms with Crippen LogP contribution < -0.4 is 0 Å². The maximum absolute atomic E-state index is 2.50. The highest BCUT2D eigenvalue weighted by molar-refractivity contribution is 4.97. The molecule has 0 aromatic heterocycles. The van der Waals surface area contributed by atoms with E-state index in [0.717, 1.165) is 41.4 Å². The summed E-state index contributed by atoms with van der Waals surface area (Å²) in [6.45, 7) is 12.2. The Balaban J connectivity index is 1.93. The minimum absolute atomic E-state index is 0.880. The van der Waals surface area contributed by atoms with Gasteiger partial charge in [-0.1, -0.05) is 41.0 Å². The van der Waals surface area contributed by atoms with Gasteiger partial charge in [0, 0.05) is 0 Å². The van der Waals surface area contributed by atoms with E-state index in [2.05, 4.69) is 34.6 Å². The Kier molecular flexibility index (Phi) is 3.66. The van der Waals surface area contributed by atoms with Gasteiger partial charge < -0.3 is 0 Å². The molecule has 6 atom stereocenters. The second kappa shape index (κ2) is 4.70. The molecule has 0 heterocycles. The van der Waals surface area contributed by atoms with Crippen molar-refractivity contribution in [1.29, 1.82) is 0 Å². The molecule has 0 amide bonds. The predicted octanol–water partition coefficient (Wildman–Crippen LogP) is 4.99. The summed E-state index contributed by atoms with van der Waals surface area (Å²) in [6.07, 6.45) is 6.04. The Labute approximate surface area is 102 Å². The zero-order valence-electron chi connectivity index (χ0n) is 11.9. The third-order valence-corrected chi connectivity index (χ3v) is 6.04. The molecular weight excluding hydrogens is 192 g/mol. The van der Waals surface area contributed by atoms with Crippen LogP contribution in [-0.4, -0.2) is 0 Å². The van der Waals surface area contributed by atoms with Crippen molar-refractivity contribution < 1.29 is 0 Å². The molecule has 0 nitrogen and oxygen atoms in total. The van der Waals surface area contributed by atoms with Gasteiger partial charge in [-0.3, -0.25) is 0 Å². The lowest BCUT2D eigenvalue weighted by molar-refractivity contribution is -0.0548. The molecular formula is C16H30. The van der Waals surface area contributed by atoms with Gasteiger partial charge in [-0.15, -0.1) is 0 Å². The van der Waals surface area contributed by atoms with Crippen LogP contribution in [0.1, 0.15) is 60.3 Å². The minimum atomic E-state index is 0.880. The SMILES string of the molecule is CCC1CC2CC(C(C)C(C)C)C2CC1C. The summed E-state index contributed by atoms with van der Waals surface area (Å²) in [6, 6.07) is 0. The van der Waals surface area contributed by atoms with E-state index in [-0.39, 0.29) is 0 Å². The highest BCUT2D eigenvalue weighted by atomic mass is 14.5. The molecule has 2 aliphatic rings. The van der Waals surface area contributed by atoms with E-state index in [4.69, 9.17) is 0 Å². The fraction of sp³-hybridized carbons (Fsp3) is 1.00. The summed E-state index contributed by atoms with van der Waals surface area (Å²) in [5.41, 5.74) is 0. The van der Waals surface area contributed by atoms with Crippen LogP contribution in [0.5, 0.6) is 0 Å². The Morgan fingerprint density at radius 3 is 2.31 bits per heavy atom. The van der Waals surface area contributed by atoms with E-state index in [1.54, 1.807) is 12.8 Å². The maximum Gasteiger partial charge on any atom is -0.0352 e. The van der Waals surface area contributed by atoms with Crippen molar-refractivity contribution in [2.24, 2.45) is 41.4 Å². The molecule has 0 spiro atoms. The zero-order chi connectivity index (χ0) is 11.9. The normalized spacial score (nSPS) is 45.0. The Hall–Kier alpha value is 0. The highest BCUT2D eigenvalue weighted by Crippen LogP contribution is 2.56. The van der Waals surface area contributed by atoms with Crippen molar-refractivity contribution in [1.82, 2.24) is 0 Å². The predicted molar refractivity (Wildman–Crippen MR) is 71.3 cm³/mol. The van der Waals surface area contributed by atoms with Crippen LogP contribution in [0.25, 0.3) is 0 Å². The van der Waals surface area contributed by atoms with Crippen LogP contribution in [0.2, 0.25) is 0 Å². The average molecular weight is 222 g/mol. The number of fused-ring (bicyclic) bond motifs is 1. The fourth-order valence-corrected chi connectivity index (χ4v) is 4.40. The molecule has 0 aromatic carbocycles. The van der Waals surface area contributed by atoms with Crippen molar-refractivity contribution in [2.45, 2.75) is 60.3 Å². The molecule has 2 fully saturated rings. The molecule has 0 radical (unpaired) electrons. The molecule has 2 saturated carbocycles. The van der Waals surface area contributed by atoms with Crippen molar-refractivity contribution >= 4 is 0 Å². The lowest BCUT2D eigenvalue weighted by Gasteiger charge is -2.55. The number of hydrogen-bond donors (Lipinski definition) is 0. The molecule has 2 rings (SSSR count).